The van der Waals surface area contributed by atoms with E-state index < -0.39 is 12.0 Å². The molecule has 0 unspecified atom stereocenters. The molecule has 0 saturated carbocycles. The number of rotatable bonds is 23. The zero-order valence-corrected chi connectivity index (χ0v) is 21.5. The smallest absolute Gasteiger partial charge is 0.326 e. The number of hydrogen-bond donors (Lipinski definition) is 2. The fraction of sp³-hybridized carbons (Fsp3) is 0.857. The van der Waals surface area contributed by atoms with Gasteiger partial charge in [0.15, 0.2) is 0 Å². The minimum absolute atomic E-state index is 0.0450. The zero-order valence-electron chi connectivity index (χ0n) is 21.5. The van der Waals surface area contributed by atoms with Crippen LogP contribution < -0.4 is 5.32 Å². The maximum absolute atomic E-state index is 12.0. The summed E-state index contributed by atoms with van der Waals surface area (Å²) in [5, 5.41) is 11.9. The number of hydrogen-bond acceptors (Lipinski definition) is 2. The van der Waals surface area contributed by atoms with E-state index in [0.717, 1.165) is 25.7 Å². The van der Waals surface area contributed by atoms with Gasteiger partial charge in [0.25, 0.3) is 0 Å². The van der Waals surface area contributed by atoms with Crippen LogP contribution >= 0.6 is 0 Å². The van der Waals surface area contributed by atoms with E-state index in [0.29, 0.717) is 6.42 Å². The third-order valence-corrected chi connectivity index (χ3v) is 6.46. The quantitative estimate of drug-likeness (QED) is 0.121. The van der Waals surface area contributed by atoms with Gasteiger partial charge in [-0.15, -0.1) is 0 Å². The monoisotopic (exact) mass is 451 g/mol. The van der Waals surface area contributed by atoms with Gasteiger partial charge in [0.05, 0.1) is 0 Å². The number of nitrogens with one attached hydrogen (secondary N) is 1. The van der Waals surface area contributed by atoms with E-state index in [1.807, 2.05) is 13.8 Å². The average Bonchev–Trinajstić information content (AvgIpc) is 2.78. The summed E-state index contributed by atoms with van der Waals surface area (Å²) in [7, 11) is 0. The van der Waals surface area contributed by atoms with E-state index in [1.165, 1.54) is 89.9 Å². The van der Waals surface area contributed by atoms with Gasteiger partial charge in [-0.1, -0.05) is 116 Å². The first-order chi connectivity index (χ1) is 15.5. The van der Waals surface area contributed by atoms with E-state index in [9.17, 15) is 14.7 Å². The first-order valence-electron chi connectivity index (χ1n) is 13.7. The molecule has 0 heterocycles. The van der Waals surface area contributed by atoms with Crippen molar-refractivity contribution in [2.24, 2.45) is 5.92 Å². The molecule has 0 aromatic rings. The van der Waals surface area contributed by atoms with Gasteiger partial charge < -0.3 is 10.4 Å². The van der Waals surface area contributed by atoms with Gasteiger partial charge in [0, 0.05) is 6.42 Å². The second-order valence-corrected chi connectivity index (χ2v) is 9.52. The molecule has 0 rings (SSSR count). The van der Waals surface area contributed by atoms with E-state index >= 15 is 0 Å². The summed E-state index contributed by atoms with van der Waals surface area (Å²) in [6.45, 7) is 6.08. The van der Waals surface area contributed by atoms with E-state index in [2.05, 4.69) is 24.4 Å². The molecule has 2 atom stereocenters. The summed E-state index contributed by atoms with van der Waals surface area (Å²) < 4.78 is 0. The number of unbranched alkanes of at least 4 members (excludes halogenated alkanes) is 15. The summed E-state index contributed by atoms with van der Waals surface area (Å²) in [5.41, 5.74) is 0. The van der Waals surface area contributed by atoms with Crippen LogP contribution in [0.5, 0.6) is 0 Å². The van der Waals surface area contributed by atoms with Crippen molar-refractivity contribution in [3.63, 3.8) is 0 Å². The molecule has 32 heavy (non-hydrogen) atoms. The molecule has 4 nitrogen and oxygen atoms in total. The molecule has 0 bridgehead atoms. The lowest BCUT2D eigenvalue weighted by Gasteiger charge is -2.20. The van der Waals surface area contributed by atoms with Crippen molar-refractivity contribution in [2.75, 3.05) is 0 Å². The van der Waals surface area contributed by atoms with E-state index in [1.54, 1.807) is 0 Å². The highest BCUT2D eigenvalue weighted by atomic mass is 16.4. The molecule has 0 aliphatic carbocycles. The van der Waals surface area contributed by atoms with Crippen LogP contribution in [0.1, 0.15) is 143 Å². The third-order valence-electron chi connectivity index (χ3n) is 6.46. The van der Waals surface area contributed by atoms with Crippen molar-refractivity contribution in [3.8, 4) is 0 Å². The lowest BCUT2D eigenvalue weighted by atomic mass is 9.99. The number of carboxylic acids is 1. The van der Waals surface area contributed by atoms with Crippen LogP contribution in [0.3, 0.4) is 0 Å². The highest BCUT2D eigenvalue weighted by Gasteiger charge is 2.24. The van der Waals surface area contributed by atoms with Crippen LogP contribution in [0, 0.1) is 5.92 Å². The lowest BCUT2D eigenvalue weighted by Crippen LogP contribution is -2.44. The third kappa shape index (κ3) is 19.4. The Bertz CT molecular complexity index is 475. The van der Waals surface area contributed by atoms with Crippen molar-refractivity contribution in [1.82, 2.24) is 5.32 Å². The minimum Gasteiger partial charge on any atom is -0.480 e. The molecule has 0 radical (unpaired) electrons. The van der Waals surface area contributed by atoms with Gasteiger partial charge in [-0.05, 0) is 38.0 Å². The van der Waals surface area contributed by atoms with Gasteiger partial charge in [0.2, 0.25) is 5.91 Å². The molecule has 0 aliphatic heterocycles. The maximum Gasteiger partial charge on any atom is 0.326 e. The maximum atomic E-state index is 12.0. The largest absolute Gasteiger partial charge is 0.480 e. The van der Waals surface area contributed by atoms with Crippen LogP contribution in [0.15, 0.2) is 12.2 Å². The Morgan fingerprint density at radius 1 is 0.719 bits per heavy atom. The number of carbonyl (C=O) groups is 2. The zero-order chi connectivity index (χ0) is 23.9. The van der Waals surface area contributed by atoms with E-state index in [4.69, 9.17) is 0 Å². The average molecular weight is 452 g/mol. The molecule has 0 aromatic heterocycles. The fourth-order valence-electron chi connectivity index (χ4n) is 3.99. The summed E-state index contributed by atoms with van der Waals surface area (Å²) in [4.78, 5) is 23.2. The Hall–Kier alpha value is -1.32. The first kappa shape index (κ1) is 30.7. The van der Waals surface area contributed by atoms with Crippen LogP contribution in [0.4, 0.5) is 0 Å². The number of aliphatic carboxylic acids is 1. The van der Waals surface area contributed by atoms with Crippen molar-refractivity contribution in [2.45, 2.75) is 149 Å². The molecule has 188 valence electrons. The van der Waals surface area contributed by atoms with Gasteiger partial charge in [-0.25, -0.2) is 4.79 Å². The number of carbonyl (C=O) groups excluding carboxylic acids is 1. The predicted molar refractivity (Wildman–Crippen MR) is 137 cm³/mol. The van der Waals surface area contributed by atoms with Crippen molar-refractivity contribution < 1.29 is 14.7 Å². The minimum atomic E-state index is -0.935. The first-order valence-corrected chi connectivity index (χ1v) is 13.7. The van der Waals surface area contributed by atoms with Crippen LogP contribution in [-0.2, 0) is 9.59 Å². The molecule has 1 amide bonds. The number of allylic oxidation sites excluding steroid dienone is 2. The second-order valence-electron chi connectivity index (χ2n) is 9.52. The van der Waals surface area contributed by atoms with Crippen LogP contribution in [0.25, 0.3) is 0 Å². The molecule has 2 N–H and O–H groups in total. The van der Waals surface area contributed by atoms with Gasteiger partial charge >= 0.3 is 5.97 Å². The molecule has 0 aromatic carbocycles. The molecule has 0 aliphatic rings. The number of amides is 1. The highest BCUT2D eigenvalue weighted by Crippen LogP contribution is 2.13. The van der Waals surface area contributed by atoms with Crippen molar-refractivity contribution in [3.05, 3.63) is 12.2 Å². The molecule has 4 heteroatoms. The Morgan fingerprint density at radius 2 is 1.16 bits per heavy atom. The predicted octanol–water partition coefficient (Wildman–Crippen LogP) is 8.20. The summed E-state index contributed by atoms with van der Waals surface area (Å²) in [5.74, 6) is -1.11. The van der Waals surface area contributed by atoms with Gasteiger partial charge in [0.1, 0.15) is 6.04 Å². The van der Waals surface area contributed by atoms with Crippen LogP contribution in [0.2, 0.25) is 0 Å². The number of carboxylic acid groups (broad SMARTS) is 1. The summed E-state index contributed by atoms with van der Waals surface area (Å²) in [6.07, 6.45) is 27.6. The topological polar surface area (TPSA) is 66.4 Å². The second kappa shape index (κ2) is 22.9. The van der Waals surface area contributed by atoms with E-state index in [-0.39, 0.29) is 11.8 Å². The lowest BCUT2D eigenvalue weighted by molar-refractivity contribution is -0.143. The Balaban J connectivity index is 3.42. The molecular formula is C28H53NO3. The van der Waals surface area contributed by atoms with Crippen molar-refractivity contribution in [1.29, 1.82) is 0 Å². The van der Waals surface area contributed by atoms with Crippen LogP contribution in [-0.4, -0.2) is 23.0 Å². The molecule has 0 saturated heterocycles. The Morgan fingerprint density at radius 3 is 1.59 bits per heavy atom. The molecular weight excluding hydrogens is 398 g/mol. The fourth-order valence-corrected chi connectivity index (χ4v) is 3.99. The standard InChI is InChI=1S/C28H53NO3/c1-4-6-7-8-9-10-11-12-13-14-15-16-17-18-19-20-21-22-23-24-26(30)29-27(28(31)32)25(3)5-2/h14-15,25,27H,4-13,16-24H2,1-3H3,(H,29,30)(H,31,32)/b15-14-/t25-,27-/m0/s1. The summed E-state index contributed by atoms with van der Waals surface area (Å²) in [6, 6.07) is -0.762. The van der Waals surface area contributed by atoms with Gasteiger partial charge in [-0.3, -0.25) is 4.79 Å². The summed E-state index contributed by atoms with van der Waals surface area (Å²) >= 11 is 0. The Labute approximate surface area is 199 Å². The van der Waals surface area contributed by atoms with Gasteiger partial charge in [-0.2, -0.15) is 0 Å². The highest BCUT2D eigenvalue weighted by molar-refractivity contribution is 5.83. The van der Waals surface area contributed by atoms with Crippen molar-refractivity contribution >= 4 is 11.9 Å². The molecule has 0 spiro atoms. The molecule has 0 fully saturated rings. The SMILES string of the molecule is CCCCCCCCCC/C=C\CCCCCCCCCC(=O)N[C@H](C(=O)O)[C@@H](C)CC. The normalized spacial score (nSPS) is 13.3. The Kier molecular flexibility index (Phi) is 21.9.